The zero-order valence-electron chi connectivity index (χ0n) is 13.3. The molecular formula is C17H23N3O3. The van der Waals surface area contributed by atoms with Gasteiger partial charge in [0.2, 0.25) is 11.8 Å². The largest absolute Gasteiger partial charge is 0.370 e. The first-order chi connectivity index (χ1) is 11.2. The van der Waals surface area contributed by atoms with E-state index in [1.807, 2.05) is 21.9 Å². The number of pyridine rings is 1. The lowest BCUT2D eigenvalue weighted by Gasteiger charge is -2.33. The predicted octanol–water partition coefficient (Wildman–Crippen LogP) is 1.38. The van der Waals surface area contributed by atoms with E-state index in [-0.39, 0.29) is 17.9 Å². The third kappa shape index (κ3) is 4.07. The molecule has 2 aliphatic heterocycles. The lowest BCUT2D eigenvalue weighted by atomic mass is 10.1. The second kappa shape index (κ2) is 7.55. The number of carbonyl (C=O) groups excluding carboxylic acids is 2. The summed E-state index contributed by atoms with van der Waals surface area (Å²) in [6.07, 6.45) is 6.25. The minimum atomic E-state index is -0.0733. The Hall–Kier alpha value is -1.95. The van der Waals surface area contributed by atoms with Crippen LogP contribution in [0, 0.1) is 0 Å². The van der Waals surface area contributed by atoms with Crippen molar-refractivity contribution < 1.29 is 14.3 Å². The molecule has 0 bridgehead atoms. The van der Waals surface area contributed by atoms with E-state index in [4.69, 9.17) is 4.74 Å². The van der Waals surface area contributed by atoms with Gasteiger partial charge in [-0.15, -0.1) is 0 Å². The SMILES string of the molecule is O=C1CCCN1CCCC(=O)N1CCO[C@@H](c2ccncc2)C1. The van der Waals surface area contributed by atoms with Gasteiger partial charge in [-0.25, -0.2) is 0 Å². The zero-order chi connectivity index (χ0) is 16.1. The Bertz CT molecular complexity index is 549. The van der Waals surface area contributed by atoms with Crippen molar-refractivity contribution in [3.05, 3.63) is 30.1 Å². The lowest BCUT2D eigenvalue weighted by molar-refractivity contribution is -0.139. The maximum absolute atomic E-state index is 12.4. The number of aromatic nitrogens is 1. The summed E-state index contributed by atoms with van der Waals surface area (Å²) in [6.45, 7) is 3.33. The summed E-state index contributed by atoms with van der Waals surface area (Å²) in [7, 11) is 0. The first kappa shape index (κ1) is 15.9. The average molecular weight is 317 g/mol. The van der Waals surface area contributed by atoms with Gasteiger partial charge in [0, 0.05) is 44.9 Å². The van der Waals surface area contributed by atoms with E-state index in [2.05, 4.69) is 4.98 Å². The van der Waals surface area contributed by atoms with Crippen molar-refractivity contribution in [2.75, 3.05) is 32.8 Å². The number of carbonyl (C=O) groups is 2. The van der Waals surface area contributed by atoms with Crippen molar-refractivity contribution in [1.82, 2.24) is 14.8 Å². The number of likely N-dealkylation sites (tertiary alicyclic amines) is 1. The van der Waals surface area contributed by atoms with Gasteiger partial charge in [0.15, 0.2) is 0 Å². The fraction of sp³-hybridized carbons (Fsp3) is 0.588. The molecule has 2 saturated heterocycles. The molecule has 2 aliphatic rings. The molecule has 3 heterocycles. The summed E-state index contributed by atoms with van der Waals surface area (Å²) in [5.41, 5.74) is 1.06. The number of hydrogen-bond donors (Lipinski definition) is 0. The fourth-order valence-electron chi connectivity index (χ4n) is 3.18. The van der Waals surface area contributed by atoms with Crippen LogP contribution < -0.4 is 0 Å². The molecule has 0 aromatic carbocycles. The maximum Gasteiger partial charge on any atom is 0.222 e. The highest BCUT2D eigenvalue weighted by Crippen LogP contribution is 2.22. The highest BCUT2D eigenvalue weighted by molar-refractivity contribution is 5.78. The molecule has 124 valence electrons. The highest BCUT2D eigenvalue weighted by atomic mass is 16.5. The van der Waals surface area contributed by atoms with Crippen LogP contribution in [0.5, 0.6) is 0 Å². The quantitative estimate of drug-likeness (QED) is 0.823. The van der Waals surface area contributed by atoms with Crippen molar-refractivity contribution in [2.45, 2.75) is 31.8 Å². The summed E-state index contributed by atoms with van der Waals surface area (Å²) in [5.74, 6) is 0.376. The Labute approximate surface area is 136 Å². The van der Waals surface area contributed by atoms with E-state index in [1.54, 1.807) is 12.4 Å². The number of morpholine rings is 1. The van der Waals surface area contributed by atoms with E-state index in [0.717, 1.165) is 24.9 Å². The van der Waals surface area contributed by atoms with Crippen LogP contribution >= 0.6 is 0 Å². The van der Waals surface area contributed by atoms with Crippen LogP contribution in [-0.4, -0.2) is 59.4 Å². The predicted molar refractivity (Wildman–Crippen MR) is 84.6 cm³/mol. The first-order valence-electron chi connectivity index (χ1n) is 8.31. The van der Waals surface area contributed by atoms with E-state index in [9.17, 15) is 9.59 Å². The molecule has 0 spiro atoms. The summed E-state index contributed by atoms with van der Waals surface area (Å²) in [6, 6.07) is 3.86. The Morgan fingerprint density at radius 2 is 2.13 bits per heavy atom. The molecule has 0 saturated carbocycles. The molecular weight excluding hydrogens is 294 g/mol. The maximum atomic E-state index is 12.4. The van der Waals surface area contributed by atoms with Crippen LogP contribution in [0.2, 0.25) is 0 Å². The minimum Gasteiger partial charge on any atom is -0.370 e. The smallest absolute Gasteiger partial charge is 0.222 e. The summed E-state index contributed by atoms with van der Waals surface area (Å²) in [4.78, 5) is 31.7. The van der Waals surface area contributed by atoms with Gasteiger partial charge in [-0.3, -0.25) is 14.6 Å². The van der Waals surface area contributed by atoms with E-state index >= 15 is 0 Å². The van der Waals surface area contributed by atoms with E-state index < -0.39 is 0 Å². The molecule has 2 fully saturated rings. The third-order valence-corrected chi connectivity index (χ3v) is 4.49. The Kier molecular flexibility index (Phi) is 5.23. The van der Waals surface area contributed by atoms with Crippen molar-refractivity contribution >= 4 is 11.8 Å². The van der Waals surface area contributed by atoms with Gasteiger partial charge in [-0.05, 0) is 30.5 Å². The molecule has 3 rings (SSSR count). The van der Waals surface area contributed by atoms with Crippen LogP contribution in [0.15, 0.2) is 24.5 Å². The molecule has 6 heteroatoms. The molecule has 1 aromatic rings. The molecule has 6 nitrogen and oxygen atoms in total. The third-order valence-electron chi connectivity index (χ3n) is 4.49. The zero-order valence-corrected chi connectivity index (χ0v) is 13.3. The Balaban J connectivity index is 1.46. The van der Waals surface area contributed by atoms with Gasteiger partial charge in [-0.1, -0.05) is 0 Å². The molecule has 1 aromatic heterocycles. The molecule has 1 atom stereocenters. The van der Waals surface area contributed by atoms with Crippen molar-refractivity contribution in [3.63, 3.8) is 0 Å². The molecule has 0 N–H and O–H groups in total. The van der Waals surface area contributed by atoms with Gasteiger partial charge in [0.25, 0.3) is 0 Å². The van der Waals surface area contributed by atoms with Crippen molar-refractivity contribution in [3.8, 4) is 0 Å². The fourth-order valence-corrected chi connectivity index (χ4v) is 3.18. The van der Waals surface area contributed by atoms with Crippen LogP contribution in [0.25, 0.3) is 0 Å². The topological polar surface area (TPSA) is 62.7 Å². The molecule has 0 radical (unpaired) electrons. The minimum absolute atomic E-state index is 0.0733. The van der Waals surface area contributed by atoms with E-state index in [0.29, 0.717) is 39.1 Å². The molecule has 0 unspecified atom stereocenters. The van der Waals surface area contributed by atoms with Crippen LogP contribution in [0.1, 0.15) is 37.4 Å². The average Bonchev–Trinajstić information content (AvgIpc) is 3.01. The van der Waals surface area contributed by atoms with Crippen molar-refractivity contribution in [1.29, 1.82) is 0 Å². The normalized spacial score (nSPS) is 21.7. The second-order valence-corrected chi connectivity index (χ2v) is 6.07. The first-order valence-corrected chi connectivity index (χ1v) is 8.31. The van der Waals surface area contributed by atoms with Crippen LogP contribution in [0.4, 0.5) is 0 Å². The number of ether oxygens (including phenoxy) is 1. The van der Waals surface area contributed by atoms with Gasteiger partial charge >= 0.3 is 0 Å². The molecule has 2 amide bonds. The summed E-state index contributed by atoms with van der Waals surface area (Å²) < 4.78 is 5.77. The molecule has 23 heavy (non-hydrogen) atoms. The second-order valence-electron chi connectivity index (χ2n) is 6.07. The standard InChI is InChI=1S/C17H23N3O3/c21-16-3-1-9-19(16)10-2-4-17(22)20-11-12-23-15(13-20)14-5-7-18-8-6-14/h5-8,15H,1-4,9-13H2/t15-/m1/s1. The van der Waals surface area contributed by atoms with Gasteiger partial charge in [0.1, 0.15) is 6.10 Å². The number of hydrogen-bond acceptors (Lipinski definition) is 4. The molecule has 0 aliphatic carbocycles. The van der Waals surface area contributed by atoms with E-state index in [1.165, 1.54) is 0 Å². The van der Waals surface area contributed by atoms with Crippen LogP contribution in [0.3, 0.4) is 0 Å². The van der Waals surface area contributed by atoms with Crippen molar-refractivity contribution in [2.24, 2.45) is 0 Å². The van der Waals surface area contributed by atoms with Crippen LogP contribution in [-0.2, 0) is 14.3 Å². The number of rotatable bonds is 5. The van der Waals surface area contributed by atoms with Gasteiger partial charge < -0.3 is 14.5 Å². The number of nitrogens with zero attached hydrogens (tertiary/aromatic N) is 3. The summed E-state index contributed by atoms with van der Waals surface area (Å²) in [5, 5.41) is 0. The highest BCUT2D eigenvalue weighted by Gasteiger charge is 2.25. The van der Waals surface area contributed by atoms with Gasteiger partial charge in [0.05, 0.1) is 13.2 Å². The summed E-state index contributed by atoms with van der Waals surface area (Å²) >= 11 is 0. The lowest BCUT2D eigenvalue weighted by Crippen LogP contribution is -2.42. The van der Waals surface area contributed by atoms with Gasteiger partial charge in [-0.2, -0.15) is 0 Å². The Morgan fingerprint density at radius 1 is 1.30 bits per heavy atom. The monoisotopic (exact) mass is 317 g/mol. The Morgan fingerprint density at radius 3 is 2.87 bits per heavy atom. The number of amides is 2.